The lowest BCUT2D eigenvalue weighted by Crippen LogP contribution is -2.57. The summed E-state index contributed by atoms with van der Waals surface area (Å²) in [6, 6.07) is 0.301. The molecule has 1 saturated heterocycles. The first kappa shape index (κ1) is 11.5. The molecule has 4 nitrogen and oxygen atoms in total. The number of rotatable bonds is 3. The van der Waals surface area contributed by atoms with Gasteiger partial charge in [0.1, 0.15) is 0 Å². The molecule has 1 amide bonds. The third kappa shape index (κ3) is 2.25. The van der Waals surface area contributed by atoms with E-state index in [0.717, 1.165) is 25.8 Å². The van der Waals surface area contributed by atoms with Crippen LogP contribution in [-0.2, 0) is 4.79 Å². The van der Waals surface area contributed by atoms with Gasteiger partial charge in [0.15, 0.2) is 0 Å². The van der Waals surface area contributed by atoms with Crippen molar-refractivity contribution in [2.24, 2.45) is 11.5 Å². The van der Waals surface area contributed by atoms with Crippen molar-refractivity contribution in [3.05, 3.63) is 0 Å². The Balaban J connectivity index is 2.68. The molecule has 0 aliphatic carbocycles. The molecule has 0 aromatic rings. The lowest BCUT2D eigenvalue weighted by molar-refractivity contribution is -0.125. The van der Waals surface area contributed by atoms with E-state index >= 15 is 0 Å². The van der Waals surface area contributed by atoms with Gasteiger partial charge < -0.3 is 11.5 Å². The van der Waals surface area contributed by atoms with Crippen LogP contribution in [0.5, 0.6) is 0 Å². The summed E-state index contributed by atoms with van der Waals surface area (Å²) in [6.45, 7) is 5.01. The second kappa shape index (κ2) is 4.75. The molecule has 1 heterocycles. The molecule has 1 fully saturated rings. The monoisotopic (exact) mass is 199 g/mol. The fourth-order valence-electron chi connectivity index (χ4n) is 2.24. The Morgan fingerprint density at radius 3 is 2.79 bits per heavy atom. The molecular formula is C10H21N3O. The van der Waals surface area contributed by atoms with Gasteiger partial charge in [0.25, 0.3) is 0 Å². The van der Waals surface area contributed by atoms with E-state index in [2.05, 4.69) is 11.8 Å². The summed E-state index contributed by atoms with van der Waals surface area (Å²) in [5.74, 6) is -0.228. The van der Waals surface area contributed by atoms with Gasteiger partial charge in [0.05, 0.1) is 6.04 Å². The van der Waals surface area contributed by atoms with Crippen molar-refractivity contribution in [1.29, 1.82) is 0 Å². The van der Waals surface area contributed by atoms with Crippen molar-refractivity contribution in [2.75, 3.05) is 6.54 Å². The molecule has 4 heteroatoms. The molecule has 14 heavy (non-hydrogen) atoms. The molecule has 0 saturated carbocycles. The van der Waals surface area contributed by atoms with Crippen LogP contribution in [0.4, 0.5) is 0 Å². The Kier molecular flexibility index (Phi) is 3.89. The van der Waals surface area contributed by atoms with Gasteiger partial charge in [-0.1, -0.05) is 6.92 Å². The first-order valence-electron chi connectivity index (χ1n) is 5.38. The average Bonchev–Trinajstić information content (AvgIpc) is 2.13. The van der Waals surface area contributed by atoms with Gasteiger partial charge in [0, 0.05) is 12.1 Å². The molecule has 0 bridgehead atoms. The van der Waals surface area contributed by atoms with E-state index in [-0.39, 0.29) is 24.0 Å². The van der Waals surface area contributed by atoms with Gasteiger partial charge in [-0.2, -0.15) is 0 Å². The highest BCUT2D eigenvalue weighted by molar-refractivity contribution is 5.79. The fourth-order valence-corrected chi connectivity index (χ4v) is 2.24. The molecule has 4 N–H and O–H groups in total. The zero-order chi connectivity index (χ0) is 10.7. The Morgan fingerprint density at radius 1 is 1.64 bits per heavy atom. The Morgan fingerprint density at radius 2 is 2.29 bits per heavy atom. The maximum atomic E-state index is 11.2. The minimum absolute atomic E-state index is 0.142. The van der Waals surface area contributed by atoms with E-state index in [4.69, 9.17) is 11.5 Å². The van der Waals surface area contributed by atoms with Crippen molar-refractivity contribution >= 4 is 5.91 Å². The second-order valence-corrected chi connectivity index (χ2v) is 4.11. The van der Waals surface area contributed by atoms with E-state index in [1.807, 2.05) is 6.92 Å². The number of nitrogens with two attached hydrogens (primary N) is 2. The van der Waals surface area contributed by atoms with Crippen LogP contribution in [0.2, 0.25) is 0 Å². The highest BCUT2D eigenvalue weighted by Crippen LogP contribution is 2.19. The van der Waals surface area contributed by atoms with E-state index in [1.54, 1.807) is 0 Å². The summed E-state index contributed by atoms with van der Waals surface area (Å²) in [6.07, 6.45) is 2.88. The summed E-state index contributed by atoms with van der Waals surface area (Å²) in [7, 11) is 0. The Hall–Kier alpha value is -0.610. The molecule has 0 aromatic carbocycles. The quantitative estimate of drug-likeness (QED) is 0.675. The van der Waals surface area contributed by atoms with Crippen LogP contribution >= 0.6 is 0 Å². The third-order valence-electron chi connectivity index (χ3n) is 3.21. The van der Waals surface area contributed by atoms with Crippen LogP contribution in [0, 0.1) is 0 Å². The first-order chi connectivity index (χ1) is 6.57. The number of likely N-dealkylation sites (tertiary alicyclic amines) is 1. The molecule has 3 unspecified atom stereocenters. The maximum Gasteiger partial charge on any atom is 0.234 e. The second-order valence-electron chi connectivity index (χ2n) is 4.11. The van der Waals surface area contributed by atoms with Crippen LogP contribution in [-0.4, -0.2) is 35.5 Å². The van der Waals surface area contributed by atoms with Crippen molar-refractivity contribution in [1.82, 2.24) is 4.90 Å². The number of hydrogen-bond acceptors (Lipinski definition) is 3. The fraction of sp³-hybridized carbons (Fsp3) is 0.900. The molecular weight excluding hydrogens is 178 g/mol. The summed E-state index contributed by atoms with van der Waals surface area (Å²) in [5, 5.41) is 0. The van der Waals surface area contributed by atoms with Gasteiger partial charge >= 0.3 is 0 Å². The maximum absolute atomic E-state index is 11.2. The average molecular weight is 199 g/mol. The number of amides is 1. The Labute approximate surface area is 85.6 Å². The van der Waals surface area contributed by atoms with Gasteiger partial charge in [-0.05, 0) is 32.7 Å². The topological polar surface area (TPSA) is 72.4 Å². The van der Waals surface area contributed by atoms with Crippen LogP contribution < -0.4 is 11.5 Å². The summed E-state index contributed by atoms with van der Waals surface area (Å²) < 4.78 is 0. The van der Waals surface area contributed by atoms with Gasteiger partial charge in [-0.25, -0.2) is 0 Å². The molecule has 1 aliphatic heterocycles. The normalized spacial score (nSPS) is 31.4. The van der Waals surface area contributed by atoms with Crippen LogP contribution in [0.25, 0.3) is 0 Å². The number of carbonyl (C=O) groups is 1. The van der Waals surface area contributed by atoms with Crippen LogP contribution in [0.15, 0.2) is 0 Å². The molecule has 1 aliphatic rings. The zero-order valence-corrected chi connectivity index (χ0v) is 9.07. The minimum Gasteiger partial charge on any atom is -0.368 e. The van der Waals surface area contributed by atoms with Gasteiger partial charge in [0.2, 0.25) is 5.91 Å². The third-order valence-corrected chi connectivity index (χ3v) is 3.21. The highest BCUT2D eigenvalue weighted by atomic mass is 16.1. The summed E-state index contributed by atoms with van der Waals surface area (Å²) >= 11 is 0. The summed E-state index contributed by atoms with van der Waals surface area (Å²) in [5.41, 5.74) is 11.3. The molecule has 3 atom stereocenters. The van der Waals surface area contributed by atoms with Crippen LogP contribution in [0.3, 0.4) is 0 Å². The molecule has 82 valence electrons. The van der Waals surface area contributed by atoms with E-state index in [9.17, 15) is 4.79 Å². The molecule has 0 spiro atoms. The zero-order valence-electron chi connectivity index (χ0n) is 9.07. The van der Waals surface area contributed by atoms with Crippen molar-refractivity contribution in [3.63, 3.8) is 0 Å². The van der Waals surface area contributed by atoms with E-state index in [1.165, 1.54) is 0 Å². The summed E-state index contributed by atoms with van der Waals surface area (Å²) in [4.78, 5) is 13.4. The molecule has 1 rings (SSSR count). The Bertz CT molecular complexity index is 208. The number of carbonyl (C=O) groups excluding carboxylic acids is 1. The standard InChI is InChI=1S/C10H21N3O/c1-3-9(10(12)14)13-6-4-5-8(11)7(13)2/h7-9H,3-6,11H2,1-2H3,(H2,12,14). The SMILES string of the molecule is CCC(C(N)=O)N1CCCC(N)C1C. The number of hydrogen-bond donors (Lipinski definition) is 2. The molecule has 0 radical (unpaired) electrons. The van der Waals surface area contributed by atoms with Gasteiger partial charge in [-0.15, -0.1) is 0 Å². The first-order valence-corrected chi connectivity index (χ1v) is 5.38. The van der Waals surface area contributed by atoms with Crippen molar-refractivity contribution < 1.29 is 4.79 Å². The molecule has 0 aromatic heterocycles. The van der Waals surface area contributed by atoms with Gasteiger partial charge in [-0.3, -0.25) is 9.69 Å². The lowest BCUT2D eigenvalue weighted by Gasteiger charge is -2.41. The smallest absolute Gasteiger partial charge is 0.234 e. The number of primary amides is 1. The predicted octanol–water partition coefficient (Wildman–Crippen LogP) is 0.0619. The van der Waals surface area contributed by atoms with E-state index < -0.39 is 0 Å². The highest BCUT2D eigenvalue weighted by Gasteiger charge is 2.32. The lowest BCUT2D eigenvalue weighted by atomic mass is 9.95. The minimum atomic E-state index is -0.228. The largest absolute Gasteiger partial charge is 0.368 e. The van der Waals surface area contributed by atoms with Crippen LogP contribution in [0.1, 0.15) is 33.1 Å². The number of piperidine rings is 1. The number of nitrogens with zero attached hydrogens (tertiary/aromatic N) is 1. The van der Waals surface area contributed by atoms with Crippen molar-refractivity contribution in [2.45, 2.75) is 51.2 Å². The van der Waals surface area contributed by atoms with E-state index in [0.29, 0.717) is 0 Å². The van der Waals surface area contributed by atoms with Crippen molar-refractivity contribution in [3.8, 4) is 0 Å². The predicted molar refractivity (Wildman–Crippen MR) is 56.7 cm³/mol.